The van der Waals surface area contributed by atoms with Gasteiger partial charge in [0.25, 0.3) is 0 Å². The van der Waals surface area contributed by atoms with Crippen LogP contribution in [0, 0.1) is 5.92 Å². The lowest BCUT2D eigenvalue weighted by Crippen LogP contribution is -2.42. The summed E-state index contributed by atoms with van der Waals surface area (Å²) in [6, 6.07) is -0.193. The van der Waals surface area contributed by atoms with Gasteiger partial charge in [-0.3, -0.25) is 9.59 Å². The van der Waals surface area contributed by atoms with Crippen molar-refractivity contribution in [2.45, 2.75) is 38.3 Å². The summed E-state index contributed by atoms with van der Waals surface area (Å²) in [5.74, 6) is -0.657. The highest BCUT2D eigenvalue weighted by Gasteiger charge is 2.29. The van der Waals surface area contributed by atoms with E-state index in [9.17, 15) is 9.59 Å². The molecule has 0 bridgehead atoms. The van der Waals surface area contributed by atoms with Gasteiger partial charge in [-0.05, 0) is 18.8 Å². The van der Waals surface area contributed by atoms with Crippen molar-refractivity contribution in [1.82, 2.24) is 10.6 Å². The summed E-state index contributed by atoms with van der Waals surface area (Å²) in [4.78, 5) is 22.2. The Bertz CT molecular complexity index is 296. The molecule has 1 heterocycles. The van der Waals surface area contributed by atoms with Crippen molar-refractivity contribution in [3.05, 3.63) is 0 Å². The maximum Gasteiger partial charge on any atom is 0.303 e. The van der Waals surface area contributed by atoms with Gasteiger partial charge in [0.05, 0.1) is 12.1 Å². The number of hydrogen-bond acceptors (Lipinski definition) is 4. The van der Waals surface area contributed by atoms with E-state index < -0.39 is 5.97 Å². The molecule has 18 heavy (non-hydrogen) atoms. The van der Waals surface area contributed by atoms with Gasteiger partial charge in [0.1, 0.15) is 0 Å². The molecule has 0 spiro atoms. The van der Waals surface area contributed by atoms with Crippen LogP contribution in [-0.4, -0.2) is 49.3 Å². The zero-order valence-electron chi connectivity index (χ0n) is 10.9. The van der Waals surface area contributed by atoms with Crippen LogP contribution in [0.3, 0.4) is 0 Å². The van der Waals surface area contributed by atoms with Gasteiger partial charge >= 0.3 is 5.97 Å². The molecule has 3 N–H and O–H groups in total. The van der Waals surface area contributed by atoms with Gasteiger partial charge in [0.15, 0.2) is 0 Å². The number of rotatable bonds is 7. The summed E-state index contributed by atoms with van der Waals surface area (Å²) >= 11 is 0. The molecule has 0 aromatic rings. The van der Waals surface area contributed by atoms with E-state index in [4.69, 9.17) is 9.84 Å². The fraction of sp³-hybridized carbons (Fsp3) is 0.833. The molecule has 104 valence electrons. The van der Waals surface area contributed by atoms with E-state index in [1.54, 1.807) is 7.11 Å². The standard InChI is InChI=1S/C12H22N2O4/c1-8(3-4-11(15)16)6-14-12(17)10-5-9(18-2)7-13-10/h8-10,13H,3-7H2,1-2H3,(H,14,17)(H,15,16). The Morgan fingerprint density at radius 1 is 1.56 bits per heavy atom. The van der Waals surface area contributed by atoms with E-state index in [2.05, 4.69) is 10.6 Å². The second kappa shape index (κ2) is 7.33. The van der Waals surface area contributed by atoms with E-state index in [1.807, 2.05) is 6.92 Å². The highest BCUT2D eigenvalue weighted by atomic mass is 16.5. The van der Waals surface area contributed by atoms with Crippen molar-refractivity contribution in [1.29, 1.82) is 0 Å². The lowest BCUT2D eigenvalue weighted by molar-refractivity contribution is -0.137. The fourth-order valence-corrected chi connectivity index (χ4v) is 1.95. The number of amides is 1. The van der Waals surface area contributed by atoms with Gasteiger partial charge in [-0.1, -0.05) is 6.92 Å². The van der Waals surface area contributed by atoms with E-state index in [0.29, 0.717) is 25.9 Å². The molecule has 0 aromatic carbocycles. The van der Waals surface area contributed by atoms with Crippen molar-refractivity contribution >= 4 is 11.9 Å². The molecule has 0 radical (unpaired) electrons. The van der Waals surface area contributed by atoms with Crippen molar-refractivity contribution in [3.63, 3.8) is 0 Å². The Hall–Kier alpha value is -1.14. The predicted molar refractivity (Wildman–Crippen MR) is 66.2 cm³/mol. The summed E-state index contributed by atoms with van der Waals surface area (Å²) in [6.07, 6.45) is 1.51. The molecule has 1 rings (SSSR count). The first kappa shape index (κ1) is 14.9. The fourth-order valence-electron chi connectivity index (χ4n) is 1.95. The molecule has 0 aliphatic carbocycles. The van der Waals surface area contributed by atoms with Crippen LogP contribution < -0.4 is 10.6 Å². The monoisotopic (exact) mass is 258 g/mol. The highest BCUT2D eigenvalue weighted by molar-refractivity contribution is 5.82. The molecule has 6 nitrogen and oxygen atoms in total. The first-order chi connectivity index (χ1) is 8.52. The normalized spacial score (nSPS) is 24.8. The van der Waals surface area contributed by atoms with Crippen molar-refractivity contribution < 1.29 is 19.4 Å². The number of carboxylic acids is 1. The van der Waals surface area contributed by atoms with Gasteiger partial charge in [0.2, 0.25) is 5.91 Å². The van der Waals surface area contributed by atoms with Crippen molar-refractivity contribution in [2.75, 3.05) is 20.2 Å². The molecule has 6 heteroatoms. The largest absolute Gasteiger partial charge is 0.481 e. The number of ether oxygens (including phenoxy) is 1. The van der Waals surface area contributed by atoms with E-state index >= 15 is 0 Å². The Kier molecular flexibility index (Phi) is 6.07. The molecule has 1 saturated heterocycles. The van der Waals surface area contributed by atoms with Crippen LogP contribution in [0.25, 0.3) is 0 Å². The van der Waals surface area contributed by atoms with Gasteiger partial charge in [-0.15, -0.1) is 0 Å². The average Bonchev–Trinajstić information content (AvgIpc) is 2.82. The van der Waals surface area contributed by atoms with Crippen LogP contribution >= 0.6 is 0 Å². The minimum atomic E-state index is -0.798. The Labute approximate surface area is 107 Å². The number of methoxy groups -OCH3 is 1. The smallest absolute Gasteiger partial charge is 0.303 e. The van der Waals surface area contributed by atoms with Crippen LogP contribution in [0.4, 0.5) is 0 Å². The quantitative estimate of drug-likeness (QED) is 0.597. The first-order valence-electron chi connectivity index (χ1n) is 6.28. The number of nitrogens with one attached hydrogen (secondary N) is 2. The third-order valence-corrected chi connectivity index (χ3v) is 3.22. The molecular weight excluding hydrogens is 236 g/mol. The molecule has 3 atom stereocenters. The molecular formula is C12H22N2O4. The van der Waals surface area contributed by atoms with Crippen LogP contribution in [0.15, 0.2) is 0 Å². The van der Waals surface area contributed by atoms with Crippen LogP contribution in [-0.2, 0) is 14.3 Å². The van der Waals surface area contributed by atoms with Gasteiger partial charge < -0.3 is 20.5 Å². The lowest BCUT2D eigenvalue weighted by Gasteiger charge is -2.14. The zero-order chi connectivity index (χ0) is 13.5. The molecule has 3 unspecified atom stereocenters. The maximum absolute atomic E-state index is 11.8. The minimum Gasteiger partial charge on any atom is -0.481 e. The molecule has 0 saturated carbocycles. The second-order valence-corrected chi connectivity index (χ2v) is 4.84. The topological polar surface area (TPSA) is 87.7 Å². The second-order valence-electron chi connectivity index (χ2n) is 4.84. The molecule has 0 aromatic heterocycles. The first-order valence-corrected chi connectivity index (χ1v) is 6.28. The molecule has 1 fully saturated rings. The van der Waals surface area contributed by atoms with Crippen molar-refractivity contribution in [2.24, 2.45) is 5.92 Å². The number of aliphatic carboxylic acids is 1. The molecule has 1 aliphatic heterocycles. The van der Waals surface area contributed by atoms with Crippen molar-refractivity contribution in [3.8, 4) is 0 Å². The van der Waals surface area contributed by atoms with Gasteiger partial charge in [0, 0.05) is 26.6 Å². The number of hydrogen-bond donors (Lipinski definition) is 3. The zero-order valence-corrected chi connectivity index (χ0v) is 10.9. The number of carbonyl (C=O) groups excluding carboxylic acids is 1. The Morgan fingerprint density at radius 2 is 2.28 bits per heavy atom. The van der Waals surface area contributed by atoms with E-state index in [1.165, 1.54) is 0 Å². The van der Waals surface area contributed by atoms with E-state index in [-0.39, 0.29) is 30.4 Å². The Balaban J connectivity index is 2.18. The summed E-state index contributed by atoms with van der Waals surface area (Å²) in [5, 5.41) is 14.5. The van der Waals surface area contributed by atoms with Crippen LogP contribution in [0.5, 0.6) is 0 Å². The van der Waals surface area contributed by atoms with Crippen LogP contribution in [0.2, 0.25) is 0 Å². The molecule has 1 aliphatic rings. The summed E-state index contributed by atoms with van der Waals surface area (Å²) < 4.78 is 5.17. The van der Waals surface area contributed by atoms with Crippen LogP contribution in [0.1, 0.15) is 26.2 Å². The average molecular weight is 258 g/mol. The van der Waals surface area contributed by atoms with E-state index in [0.717, 1.165) is 0 Å². The van der Waals surface area contributed by atoms with Gasteiger partial charge in [-0.25, -0.2) is 0 Å². The third-order valence-electron chi connectivity index (χ3n) is 3.22. The maximum atomic E-state index is 11.8. The van der Waals surface area contributed by atoms with Gasteiger partial charge in [-0.2, -0.15) is 0 Å². The highest BCUT2D eigenvalue weighted by Crippen LogP contribution is 2.10. The Morgan fingerprint density at radius 3 is 2.83 bits per heavy atom. The summed E-state index contributed by atoms with van der Waals surface area (Å²) in [6.45, 7) is 3.15. The number of carbonyl (C=O) groups is 2. The minimum absolute atomic E-state index is 0.0308. The third kappa shape index (κ3) is 5.01. The number of carboxylic acid groups (broad SMARTS) is 1. The molecule has 1 amide bonds. The summed E-state index contributed by atoms with van der Waals surface area (Å²) in [5.41, 5.74) is 0. The summed E-state index contributed by atoms with van der Waals surface area (Å²) in [7, 11) is 1.64. The lowest BCUT2D eigenvalue weighted by atomic mass is 10.1. The predicted octanol–water partition coefficient (Wildman–Crippen LogP) is -0.0196. The SMILES string of the molecule is COC1CNC(C(=O)NCC(C)CCC(=O)O)C1.